The minimum Gasteiger partial charge on any atom is -0.399 e. The Kier molecular flexibility index (Phi) is 3.90. The summed E-state index contributed by atoms with van der Waals surface area (Å²) in [6.45, 7) is 5.69. The average Bonchev–Trinajstić information content (AvgIpc) is 2.38. The molecule has 1 aliphatic heterocycles. The van der Waals surface area contributed by atoms with E-state index in [0.717, 1.165) is 31.6 Å². The van der Waals surface area contributed by atoms with E-state index in [9.17, 15) is 4.79 Å². The minimum absolute atomic E-state index is 0.0927. The number of hydrogen-bond donors (Lipinski definition) is 1. The minimum atomic E-state index is 0.0927. The van der Waals surface area contributed by atoms with Gasteiger partial charge >= 0.3 is 0 Å². The van der Waals surface area contributed by atoms with Crippen LogP contribution in [0.3, 0.4) is 0 Å². The maximum absolute atomic E-state index is 12.0. The Hall–Kier alpha value is -1.51. The van der Waals surface area contributed by atoms with Crippen molar-refractivity contribution in [2.45, 2.75) is 32.6 Å². The van der Waals surface area contributed by atoms with Crippen molar-refractivity contribution in [3.05, 3.63) is 29.8 Å². The van der Waals surface area contributed by atoms with Crippen LogP contribution in [0.15, 0.2) is 24.3 Å². The standard InChI is InChI=1S/C15H22N2O/c1-11(2)15(18)17-9-3-4-13(10-17)12-5-7-14(16)8-6-12/h5-8,11,13H,3-4,9-10,16H2,1-2H3. The van der Waals surface area contributed by atoms with Crippen molar-refractivity contribution in [3.8, 4) is 0 Å². The number of benzene rings is 1. The molecule has 3 heteroatoms. The van der Waals surface area contributed by atoms with Crippen molar-refractivity contribution < 1.29 is 4.79 Å². The summed E-state index contributed by atoms with van der Waals surface area (Å²) in [7, 11) is 0. The second-order valence-corrected chi connectivity index (χ2v) is 5.44. The van der Waals surface area contributed by atoms with Crippen LogP contribution in [-0.2, 0) is 4.79 Å². The van der Waals surface area contributed by atoms with E-state index in [-0.39, 0.29) is 11.8 Å². The first-order chi connectivity index (χ1) is 8.58. The molecule has 1 aliphatic rings. The van der Waals surface area contributed by atoms with Crippen LogP contribution in [0.25, 0.3) is 0 Å². The monoisotopic (exact) mass is 246 g/mol. The number of hydrogen-bond acceptors (Lipinski definition) is 2. The largest absolute Gasteiger partial charge is 0.399 e. The third-order valence-electron chi connectivity index (χ3n) is 3.63. The van der Waals surface area contributed by atoms with Crippen LogP contribution in [0, 0.1) is 5.92 Å². The van der Waals surface area contributed by atoms with Crippen molar-refractivity contribution in [1.82, 2.24) is 4.90 Å². The molecule has 1 amide bonds. The van der Waals surface area contributed by atoms with Crippen molar-refractivity contribution >= 4 is 11.6 Å². The Labute approximate surface area is 109 Å². The first kappa shape index (κ1) is 12.9. The predicted molar refractivity (Wildman–Crippen MR) is 74.2 cm³/mol. The Morgan fingerprint density at radius 3 is 2.61 bits per heavy atom. The number of nitrogens with two attached hydrogens (primary N) is 1. The predicted octanol–water partition coefficient (Wildman–Crippen LogP) is 2.63. The van der Waals surface area contributed by atoms with E-state index in [1.165, 1.54) is 5.56 Å². The topological polar surface area (TPSA) is 46.3 Å². The van der Waals surface area contributed by atoms with E-state index < -0.39 is 0 Å². The van der Waals surface area contributed by atoms with E-state index in [2.05, 4.69) is 12.1 Å². The Morgan fingerprint density at radius 1 is 1.33 bits per heavy atom. The number of carbonyl (C=O) groups excluding carboxylic acids is 1. The molecule has 2 rings (SSSR count). The molecular weight excluding hydrogens is 224 g/mol. The highest BCUT2D eigenvalue weighted by Crippen LogP contribution is 2.28. The molecule has 1 aromatic carbocycles. The fourth-order valence-corrected chi connectivity index (χ4v) is 2.58. The van der Waals surface area contributed by atoms with Gasteiger partial charge in [-0.25, -0.2) is 0 Å². The third-order valence-corrected chi connectivity index (χ3v) is 3.63. The Morgan fingerprint density at radius 2 is 2.00 bits per heavy atom. The summed E-state index contributed by atoms with van der Waals surface area (Å²) in [5, 5.41) is 0. The number of piperidine rings is 1. The quantitative estimate of drug-likeness (QED) is 0.815. The van der Waals surface area contributed by atoms with Gasteiger partial charge in [0, 0.05) is 30.6 Å². The molecule has 2 N–H and O–H groups in total. The van der Waals surface area contributed by atoms with Gasteiger partial charge in [0.15, 0.2) is 0 Å². The molecule has 1 fully saturated rings. The van der Waals surface area contributed by atoms with Crippen LogP contribution >= 0.6 is 0 Å². The fourth-order valence-electron chi connectivity index (χ4n) is 2.58. The zero-order valence-corrected chi connectivity index (χ0v) is 11.2. The number of likely N-dealkylation sites (tertiary alicyclic amines) is 1. The average molecular weight is 246 g/mol. The van der Waals surface area contributed by atoms with Crippen LogP contribution in [0.1, 0.15) is 38.2 Å². The fraction of sp³-hybridized carbons (Fsp3) is 0.533. The van der Waals surface area contributed by atoms with Crippen molar-refractivity contribution in [2.24, 2.45) is 5.92 Å². The lowest BCUT2D eigenvalue weighted by Crippen LogP contribution is -2.41. The lowest BCUT2D eigenvalue weighted by molar-refractivity contribution is -0.135. The molecule has 1 heterocycles. The molecule has 1 atom stereocenters. The maximum atomic E-state index is 12.0. The highest BCUT2D eigenvalue weighted by molar-refractivity contribution is 5.78. The summed E-state index contributed by atoms with van der Waals surface area (Å²) >= 11 is 0. The van der Waals surface area contributed by atoms with E-state index in [4.69, 9.17) is 5.73 Å². The van der Waals surface area contributed by atoms with Crippen LogP contribution < -0.4 is 5.73 Å². The van der Waals surface area contributed by atoms with Gasteiger partial charge in [0.05, 0.1) is 0 Å². The van der Waals surface area contributed by atoms with Crippen LogP contribution in [0.5, 0.6) is 0 Å². The molecule has 0 aromatic heterocycles. The first-order valence-electron chi connectivity index (χ1n) is 6.72. The number of carbonyl (C=O) groups is 1. The van der Waals surface area contributed by atoms with Crippen LogP contribution in [0.4, 0.5) is 5.69 Å². The van der Waals surface area contributed by atoms with Crippen LogP contribution in [-0.4, -0.2) is 23.9 Å². The lowest BCUT2D eigenvalue weighted by atomic mass is 9.90. The molecule has 0 spiro atoms. The molecule has 1 saturated heterocycles. The molecule has 1 aromatic rings. The molecule has 0 saturated carbocycles. The summed E-state index contributed by atoms with van der Waals surface area (Å²) in [5.41, 5.74) is 7.80. The second kappa shape index (κ2) is 5.42. The second-order valence-electron chi connectivity index (χ2n) is 5.44. The van der Waals surface area contributed by atoms with Gasteiger partial charge in [-0.2, -0.15) is 0 Å². The van der Waals surface area contributed by atoms with Gasteiger partial charge in [-0.15, -0.1) is 0 Å². The lowest BCUT2D eigenvalue weighted by Gasteiger charge is -2.34. The number of rotatable bonds is 2. The highest BCUT2D eigenvalue weighted by atomic mass is 16.2. The zero-order valence-electron chi connectivity index (χ0n) is 11.2. The molecule has 98 valence electrons. The van der Waals surface area contributed by atoms with Gasteiger partial charge in [0.25, 0.3) is 0 Å². The number of anilines is 1. The summed E-state index contributed by atoms with van der Waals surface area (Å²) in [6, 6.07) is 8.06. The summed E-state index contributed by atoms with van der Waals surface area (Å²) in [5.74, 6) is 0.826. The van der Waals surface area contributed by atoms with Crippen LogP contribution in [0.2, 0.25) is 0 Å². The van der Waals surface area contributed by atoms with E-state index in [0.29, 0.717) is 5.92 Å². The molecular formula is C15H22N2O. The van der Waals surface area contributed by atoms with Gasteiger partial charge in [-0.3, -0.25) is 4.79 Å². The zero-order chi connectivity index (χ0) is 13.1. The first-order valence-corrected chi connectivity index (χ1v) is 6.72. The SMILES string of the molecule is CC(C)C(=O)N1CCCC(c2ccc(N)cc2)C1. The third kappa shape index (κ3) is 2.84. The van der Waals surface area contributed by atoms with E-state index >= 15 is 0 Å². The van der Waals surface area contributed by atoms with Gasteiger partial charge < -0.3 is 10.6 Å². The summed E-state index contributed by atoms with van der Waals surface area (Å²) < 4.78 is 0. The smallest absolute Gasteiger partial charge is 0.225 e. The van der Waals surface area contributed by atoms with Gasteiger partial charge in [0.2, 0.25) is 5.91 Å². The number of nitrogens with zero attached hydrogens (tertiary/aromatic N) is 1. The van der Waals surface area contributed by atoms with Crippen molar-refractivity contribution in [2.75, 3.05) is 18.8 Å². The van der Waals surface area contributed by atoms with Gasteiger partial charge in [-0.1, -0.05) is 26.0 Å². The number of nitrogen functional groups attached to an aromatic ring is 1. The molecule has 3 nitrogen and oxygen atoms in total. The Bertz CT molecular complexity index is 411. The van der Waals surface area contributed by atoms with E-state index in [1.807, 2.05) is 30.9 Å². The normalized spacial score (nSPS) is 20.2. The summed E-state index contributed by atoms with van der Waals surface area (Å²) in [6.07, 6.45) is 2.25. The molecule has 18 heavy (non-hydrogen) atoms. The Balaban J connectivity index is 2.07. The highest BCUT2D eigenvalue weighted by Gasteiger charge is 2.25. The van der Waals surface area contributed by atoms with Crippen molar-refractivity contribution in [1.29, 1.82) is 0 Å². The molecule has 0 bridgehead atoms. The number of amides is 1. The molecule has 0 radical (unpaired) electrons. The maximum Gasteiger partial charge on any atom is 0.225 e. The van der Waals surface area contributed by atoms with Crippen molar-refractivity contribution in [3.63, 3.8) is 0 Å². The van der Waals surface area contributed by atoms with E-state index in [1.54, 1.807) is 0 Å². The molecule has 0 aliphatic carbocycles. The van der Waals surface area contributed by atoms with Gasteiger partial charge in [-0.05, 0) is 30.5 Å². The van der Waals surface area contributed by atoms with Gasteiger partial charge in [0.1, 0.15) is 0 Å². The summed E-state index contributed by atoms with van der Waals surface area (Å²) in [4.78, 5) is 14.0. The molecule has 1 unspecified atom stereocenters.